The van der Waals surface area contributed by atoms with Gasteiger partial charge in [0.1, 0.15) is 0 Å². The second-order valence-electron chi connectivity index (χ2n) is 1.37. The summed E-state index contributed by atoms with van der Waals surface area (Å²) in [5, 5.41) is 0. The minimum Gasteiger partial charge on any atom is -0.261 e. The molecule has 0 atom stereocenters. The zero-order chi connectivity index (χ0) is 5.11. The van der Waals surface area contributed by atoms with Crippen LogP contribution in [0.25, 0.3) is 0 Å². The number of nitrogens with zero attached hydrogens (tertiary/aromatic N) is 1. The molecule has 0 aliphatic rings. The van der Waals surface area contributed by atoms with Crippen LogP contribution >= 0.6 is 0 Å². The largest absolute Gasteiger partial charge is 0.261 e. The Kier molecular flexibility index (Phi) is 1.07. The van der Waals surface area contributed by atoms with Crippen LogP contribution in [0.15, 0.2) is 18.3 Å². The zero-order valence-corrected chi connectivity index (χ0v) is 4.18. The van der Waals surface area contributed by atoms with Crippen molar-refractivity contribution >= 4 is 0 Å². The molecule has 0 unspecified atom stereocenters. The Bertz CT molecular complexity index is 134. The normalized spacial score (nSPS) is 8.71. The molecule has 35 valence electrons. The molecule has 1 heteroatoms. The Hall–Kier alpha value is -0.850. The van der Waals surface area contributed by atoms with Crippen LogP contribution < -0.4 is 0 Å². The monoisotopic (exact) mass is 92.1 g/mol. The Morgan fingerprint density at radius 2 is 2.57 bits per heavy atom. The van der Waals surface area contributed by atoms with Crippen LogP contribution in [0.2, 0.25) is 0 Å². The fourth-order valence-corrected chi connectivity index (χ4v) is 0.404. The van der Waals surface area contributed by atoms with Gasteiger partial charge in [-0.2, -0.15) is 0 Å². The van der Waals surface area contributed by atoms with Crippen molar-refractivity contribution in [3.63, 3.8) is 0 Å². The van der Waals surface area contributed by atoms with Crippen LogP contribution in [0.3, 0.4) is 0 Å². The first-order valence-corrected chi connectivity index (χ1v) is 2.19. The van der Waals surface area contributed by atoms with Crippen LogP contribution in [0.4, 0.5) is 0 Å². The van der Waals surface area contributed by atoms with Crippen LogP contribution in [0.5, 0.6) is 0 Å². The number of pyridine rings is 1. The third-order valence-corrected chi connectivity index (χ3v) is 0.743. The van der Waals surface area contributed by atoms with Crippen LogP contribution in [0.1, 0.15) is 5.69 Å². The number of hydrogen-bond acceptors (Lipinski definition) is 1. The molecule has 0 aliphatic heterocycles. The summed E-state index contributed by atoms with van der Waals surface area (Å²) in [5.74, 6) is 0. The first kappa shape index (κ1) is 4.31. The van der Waals surface area contributed by atoms with Crippen molar-refractivity contribution < 1.29 is 0 Å². The van der Waals surface area contributed by atoms with Crippen LogP contribution in [-0.4, -0.2) is 4.98 Å². The molecule has 0 aliphatic carbocycles. The molecule has 1 rings (SSSR count). The molecule has 1 aromatic heterocycles. The van der Waals surface area contributed by atoms with Gasteiger partial charge in [0.25, 0.3) is 0 Å². The molecule has 1 heterocycles. The second-order valence-corrected chi connectivity index (χ2v) is 1.37. The Labute approximate surface area is 43.0 Å². The summed E-state index contributed by atoms with van der Waals surface area (Å²) in [6.07, 6.45) is 1.76. The smallest absolute Gasteiger partial charge is 0.0451 e. The van der Waals surface area contributed by atoms with Gasteiger partial charge in [0, 0.05) is 18.0 Å². The van der Waals surface area contributed by atoms with Crippen molar-refractivity contribution in [1.82, 2.24) is 4.98 Å². The second kappa shape index (κ2) is 1.73. The molecule has 0 saturated carbocycles. The molecule has 0 spiro atoms. The number of hydrogen-bond donors (Lipinski definition) is 0. The molecule has 0 bridgehead atoms. The fourth-order valence-electron chi connectivity index (χ4n) is 0.404. The Morgan fingerprint density at radius 3 is 2.86 bits per heavy atom. The minimum atomic E-state index is 0.947. The molecule has 1 radical (unpaired) electrons. The summed E-state index contributed by atoms with van der Waals surface area (Å²) in [5.41, 5.74) is 0.947. The van der Waals surface area contributed by atoms with Crippen molar-refractivity contribution in [3.05, 3.63) is 30.1 Å². The Morgan fingerprint density at radius 1 is 1.71 bits per heavy atom. The minimum absolute atomic E-state index is 0.947. The van der Waals surface area contributed by atoms with E-state index in [9.17, 15) is 0 Å². The van der Waals surface area contributed by atoms with Crippen molar-refractivity contribution in [2.24, 2.45) is 0 Å². The number of aromatic nitrogens is 1. The molecule has 0 aromatic carbocycles. The lowest BCUT2D eigenvalue weighted by Gasteiger charge is -1.81. The lowest BCUT2D eigenvalue weighted by molar-refractivity contribution is 1.20. The molecule has 1 nitrogen and oxygen atoms in total. The van der Waals surface area contributed by atoms with Gasteiger partial charge in [0.05, 0.1) is 0 Å². The number of aryl methyl sites for hydroxylation is 1. The molecule has 0 saturated heterocycles. The van der Waals surface area contributed by atoms with E-state index in [1.54, 1.807) is 6.20 Å². The Balaban J connectivity index is 3.02. The van der Waals surface area contributed by atoms with Gasteiger partial charge in [-0.1, -0.05) is 6.07 Å². The maximum atomic E-state index is 3.92. The van der Waals surface area contributed by atoms with E-state index < -0.39 is 0 Å². The summed E-state index contributed by atoms with van der Waals surface area (Å²) in [6, 6.07) is 6.62. The van der Waals surface area contributed by atoms with Gasteiger partial charge < -0.3 is 0 Å². The third-order valence-electron chi connectivity index (χ3n) is 0.743. The molecular formula is C6H6N. The highest BCUT2D eigenvalue weighted by molar-refractivity contribution is 4.97. The summed E-state index contributed by atoms with van der Waals surface area (Å²) in [6.45, 7) is 1.92. The van der Waals surface area contributed by atoms with Crippen molar-refractivity contribution in [3.8, 4) is 0 Å². The van der Waals surface area contributed by atoms with Gasteiger partial charge in [0.2, 0.25) is 0 Å². The van der Waals surface area contributed by atoms with Gasteiger partial charge in [-0.05, 0) is 13.0 Å². The quantitative estimate of drug-likeness (QED) is 0.468. The molecule has 1 aromatic rings. The fraction of sp³-hybridized carbons (Fsp3) is 0.167. The van der Waals surface area contributed by atoms with E-state index in [0.29, 0.717) is 0 Å². The molecular weight excluding hydrogens is 86.1 g/mol. The predicted molar refractivity (Wildman–Crippen MR) is 27.8 cm³/mol. The standard InChI is InChI=1S/C6H6N/c1-6-4-2-3-5-7-6/h2-3,5H,1H3. The summed E-state index contributed by atoms with van der Waals surface area (Å²) >= 11 is 0. The van der Waals surface area contributed by atoms with Gasteiger partial charge in [-0.25, -0.2) is 0 Å². The topological polar surface area (TPSA) is 12.9 Å². The average Bonchev–Trinajstić information content (AvgIpc) is 1.69. The average molecular weight is 92.1 g/mol. The van der Waals surface area contributed by atoms with E-state index >= 15 is 0 Å². The van der Waals surface area contributed by atoms with E-state index in [2.05, 4.69) is 11.1 Å². The van der Waals surface area contributed by atoms with Crippen LogP contribution in [0, 0.1) is 13.0 Å². The highest BCUT2D eigenvalue weighted by atomic mass is 14.6. The highest BCUT2D eigenvalue weighted by Gasteiger charge is 1.74. The molecule has 0 N–H and O–H groups in total. The third kappa shape index (κ3) is 1.000. The van der Waals surface area contributed by atoms with E-state index in [1.807, 2.05) is 19.1 Å². The molecule has 7 heavy (non-hydrogen) atoms. The van der Waals surface area contributed by atoms with E-state index in [0.717, 1.165) is 5.69 Å². The lowest BCUT2D eigenvalue weighted by Crippen LogP contribution is -1.73. The van der Waals surface area contributed by atoms with Crippen molar-refractivity contribution in [1.29, 1.82) is 0 Å². The first-order chi connectivity index (χ1) is 3.39. The summed E-state index contributed by atoms with van der Waals surface area (Å²) < 4.78 is 0. The molecule has 0 fully saturated rings. The van der Waals surface area contributed by atoms with Gasteiger partial charge in [-0.15, -0.1) is 0 Å². The van der Waals surface area contributed by atoms with Crippen LogP contribution in [-0.2, 0) is 0 Å². The van der Waals surface area contributed by atoms with E-state index in [4.69, 9.17) is 0 Å². The predicted octanol–water partition coefficient (Wildman–Crippen LogP) is 1.19. The first-order valence-electron chi connectivity index (χ1n) is 2.19. The van der Waals surface area contributed by atoms with Crippen molar-refractivity contribution in [2.45, 2.75) is 6.92 Å². The SMILES string of the molecule is Cc1[c]cccn1. The number of rotatable bonds is 0. The molecule has 0 amide bonds. The maximum absolute atomic E-state index is 3.92. The zero-order valence-electron chi connectivity index (χ0n) is 4.18. The van der Waals surface area contributed by atoms with Crippen molar-refractivity contribution in [2.75, 3.05) is 0 Å². The summed E-state index contributed by atoms with van der Waals surface area (Å²) in [7, 11) is 0. The lowest BCUT2D eigenvalue weighted by atomic mass is 10.4. The highest BCUT2D eigenvalue weighted by Crippen LogP contribution is 1.84. The maximum Gasteiger partial charge on any atom is 0.0451 e. The summed E-state index contributed by atoms with van der Waals surface area (Å²) in [4.78, 5) is 3.92. The van der Waals surface area contributed by atoms with Gasteiger partial charge >= 0.3 is 0 Å². The van der Waals surface area contributed by atoms with Gasteiger partial charge in [0.15, 0.2) is 0 Å². The van der Waals surface area contributed by atoms with E-state index in [-0.39, 0.29) is 0 Å². The van der Waals surface area contributed by atoms with Gasteiger partial charge in [-0.3, -0.25) is 4.98 Å². The van der Waals surface area contributed by atoms with E-state index in [1.165, 1.54) is 0 Å².